The van der Waals surface area contributed by atoms with E-state index in [9.17, 15) is 0 Å². The Hall–Kier alpha value is -0.420. The zero-order chi connectivity index (χ0) is 9.43. The van der Waals surface area contributed by atoms with Crippen LogP contribution in [0.4, 0.5) is 0 Å². The van der Waals surface area contributed by atoms with E-state index in [1.165, 1.54) is 5.56 Å². The van der Waals surface area contributed by atoms with Crippen molar-refractivity contribution >= 4 is 11.3 Å². The van der Waals surface area contributed by atoms with Gasteiger partial charge in [-0.1, -0.05) is 0 Å². The van der Waals surface area contributed by atoms with Gasteiger partial charge in [-0.05, 0) is 22.4 Å². The SMILES string of the molecule is c1cc(C2NCCOC23CNC3)cs1. The summed E-state index contributed by atoms with van der Waals surface area (Å²) in [6.45, 7) is 3.74. The summed E-state index contributed by atoms with van der Waals surface area (Å²) in [5.74, 6) is 0. The maximum absolute atomic E-state index is 5.92. The molecule has 2 aliphatic rings. The molecule has 1 atom stereocenters. The highest BCUT2D eigenvalue weighted by Crippen LogP contribution is 2.35. The topological polar surface area (TPSA) is 33.3 Å². The Morgan fingerprint density at radius 1 is 1.50 bits per heavy atom. The predicted molar refractivity (Wildman–Crippen MR) is 56.6 cm³/mol. The van der Waals surface area contributed by atoms with Crippen LogP contribution in [0.5, 0.6) is 0 Å². The second-order valence-electron chi connectivity index (χ2n) is 3.96. The standard InChI is InChI=1S/C10H14N2OS/c1-4-14-5-8(1)9-10(6-11-7-10)13-3-2-12-9/h1,4-5,9,11-12H,2-3,6-7H2. The van der Waals surface area contributed by atoms with Gasteiger partial charge in [-0.2, -0.15) is 11.3 Å². The molecule has 0 bridgehead atoms. The number of ether oxygens (including phenoxy) is 1. The van der Waals surface area contributed by atoms with Gasteiger partial charge in [-0.25, -0.2) is 0 Å². The minimum absolute atomic E-state index is 0.0271. The van der Waals surface area contributed by atoms with E-state index in [1.54, 1.807) is 11.3 Å². The first kappa shape index (κ1) is 8.85. The van der Waals surface area contributed by atoms with Gasteiger partial charge in [0.1, 0.15) is 5.60 Å². The third-order valence-corrected chi connectivity index (χ3v) is 3.79. The van der Waals surface area contributed by atoms with Crippen LogP contribution in [-0.4, -0.2) is 31.8 Å². The van der Waals surface area contributed by atoms with Gasteiger partial charge in [-0.3, -0.25) is 0 Å². The number of morpholine rings is 1. The van der Waals surface area contributed by atoms with E-state index in [1.807, 2.05) is 0 Å². The molecule has 3 rings (SSSR count). The van der Waals surface area contributed by atoms with E-state index in [0.29, 0.717) is 6.04 Å². The maximum atomic E-state index is 5.92. The predicted octanol–water partition coefficient (Wildman–Crippen LogP) is 0.751. The highest BCUT2D eigenvalue weighted by molar-refractivity contribution is 7.07. The van der Waals surface area contributed by atoms with Crippen LogP contribution in [0.2, 0.25) is 0 Å². The summed E-state index contributed by atoms with van der Waals surface area (Å²) in [4.78, 5) is 0. The van der Waals surface area contributed by atoms with Gasteiger partial charge in [-0.15, -0.1) is 0 Å². The van der Waals surface area contributed by atoms with Crippen molar-refractivity contribution in [3.63, 3.8) is 0 Å². The van der Waals surface area contributed by atoms with Crippen molar-refractivity contribution in [2.24, 2.45) is 0 Å². The molecule has 1 aromatic heterocycles. The van der Waals surface area contributed by atoms with Crippen molar-refractivity contribution in [3.8, 4) is 0 Å². The van der Waals surface area contributed by atoms with Gasteiger partial charge in [0.2, 0.25) is 0 Å². The molecular formula is C10H14N2OS. The number of thiophene rings is 1. The maximum Gasteiger partial charge on any atom is 0.112 e. The molecule has 1 spiro atoms. The molecule has 2 N–H and O–H groups in total. The van der Waals surface area contributed by atoms with Crippen LogP contribution >= 0.6 is 11.3 Å². The number of rotatable bonds is 1. The summed E-state index contributed by atoms with van der Waals surface area (Å²) in [6, 6.07) is 2.57. The van der Waals surface area contributed by atoms with Crippen LogP contribution in [0.3, 0.4) is 0 Å². The highest BCUT2D eigenvalue weighted by Gasteiger charge is 2.47. The van der Waals surface area contributed by atoms with Crippen LogP contribution in [0.15, 0.2) is 16.8 Å². The van der Waals surface area contributed by atoms with E-state index >= 15 is 0 Å². The van der Waals surface area contributed by atoms with Gasteiger partial charge >= 0.3 is 0 Å². The lowest BCUT2D eigenvalue weighted by molar-refractivity contribution is -0.128. The van der Waals surface area contributed by atoms with Crippen LogP contribution in [0.25, 0.3) is 0 Å². The highest BCUT2D eigenvalue weighted by atomic mass is 32.1. The molecular weight excluding hydrogens is 196 g/mol. The minimum Gasteiger partial charge on any atom is -0.369 e. The third kappa shape index (κ3) is 1.22. The summed E-state index contributed by atoms with van der Waals surface area (Å²) in [5, 5.41) is 11.2. The lowest BCUT2D eigenvalue weighted by Gasteiger charge is -2.50. The number of nitrogens with one attached hydrogen (secondary N) is 2. The summed E-state index contributed by atoms with van der Waals surface area (Å²) in [7, 11) is 0. The summed E-state index contributed by atoms with van der Waals surface area (Å²) >= 11 is 1.75. The van der Waals surface area contributed by atoms with Crippen molar-refractivity contribution in [2.75, 3.05) is 26.2 Å². The normalized spacial score (nSPS) is 30.1. The van der Waals surface area contributed by atoms with Gasteiger partial charge in [0.25, 0.3) is 0 Å². The fourth-order valence-corrected chi connectivity index (χ4v) is 2.95. The molecule has 1 unspecified atom stereocenters. The van der Waals surface area contributed by atoms with Gasteiger partial charge in [0.05, 0.1) is 12.6 Å². The summed E-state index contributed by atoms with van der Waals surface area (Å²) in [6.07, 6.45) is 0. The Balaban J connectivity index is 1.88. The third-order valence-electron chi connectivity index (χ3n) is 3.09. The fraction of sp³-hybridized carbons (Fsp3) is 0.600. The van der Waals surface area contributed by atoms with Crippen molar-refractivity contribution in [1.29, 1.82) is 0 Å². The molecule has 14 heavy (non-hydrogen) atoms. The minimum atomic E-state index is 0.0271. The number of hydrogen-bond acceptors (Lipinski definition) is 4. The van der Waals surface area contributed by atoms with Crippen molar-refractivity contribution < 1.29 is 4.74 Å². The average Bonchev–Trinajstić information content (AvgIpc) is 2.68. The van der Waals surface area contributed by atoms with Crippen LogP contribution in [0, 0.1) is 0 Å². The largest absolute Gasteiger partial charge is 0.369 e. The molecule has 76 valence electrons. The molecule has 0 aromatic carbocycles. The molecule has 0 amide bonds. The molecule has 2 fully saturated rings. The van der Waals surface area contributed by atoms with E-state index in [-0.39, 0.29) is 5.60 Å². The van der Waals surface area contributed by atoms with E-state index < -0.39 is 0 Å². The summed E-state index contributed by atoms with van der Waals surface area (Å²) < 4.78 is 5.92. The molecule has 2 aliphatic heterocycles. The first-order valence-electron chi connectivity index (χ1n) is 5.01. The fourth-order valence-electron chi connectivity index (χ4n) is 2.27. The van der Waals surface area contributed by atoms with E-state index in [4.69, 9.17) is 4.74 Å². The monoisotopic (exact) mass is 210 g/mol. The molecule has 3 nitrogen and oxygen atoms in total. The first-order chi connectivity index (χ1) is 6.91. The zero-order valence-corrected chi connectivity index (χ0v) is 8.77. The Morgan fingerprint density at radius 2 is 2.43 bits per heavy atom. The average molecular weight is 210 g/mol. The van der Waals surface area contributed by atoms with Gasteiger partial charge in [0.15, 0.2) is 0 Å². The van der Waals surface area contributed by atoms with Crippen LogP contribution in [-0.2, 0) is 4.74 Å². The molecule has 0 aliphatic carbocycles. The Kier molecular flexibility index (Phi) is 2.09. The molecule has 0 radical (unpaired) electrons. The molecule has 4 heteroatoms. The number of hydrogen-bond donors (Lipinski definition) is 2. The quantitative estimate of drug-likeness (QED) is 0.717. The molecule has 1 aromatic rings. The van der Waals surface area contributed by atoms with Crippen molar-refractivity contribution in [2.45, 2.75) is 11.6 Å². The Labute approximate surface area is 87.5 Å². The van der Waals surface area contributed by atoms with Crippen molar-refractivity contribution in [3.05, 3.63) is 22.4 Å². The Bertz CT molecular complexity index is 308. The zero-order valence-electron chi connectivity index (χ0n) is 7.95. The second-order valence-corrected chi connectivity index (χ2v) is 4.74. The van der Waals surface area contributed by atoms with E-state index in [0.717, 1.165) is 26.2 Å². The smallest absolute Gasteiger partial charge is 0.112 e. The summed E-state index contributed by atoms with van der Waals surface area (Å²) in [5.41, 5.74) is 1.40. The lowest BCUT2D eigenvalue weighted by atomic mass is 9.83. The molecule has 0 saturated carbocycles. The van der Waals surface area contributed by atoms with Gasteiger partial charge in [0, 0.05) is 19.6 Å². The van der Waals surface area contributed by atoms with Gasteiger partial charge < -0.3 is 15.4 Å². The van der Waals surface area contributed by atoms with Crippen LogP contribution < -0.4 is 10.6 Å². The first-order valence-corrected chi connectivity index (χ1v) is 5.95. The lowest BCUT2D eigenvalue weighted by Crippen LogP contribution is -2.69. The van der Waals surface area contributed by atoms with Crippen LogP contribution in [0.1, 0.15) is 11.6 Å². The second kappa shape index (κ2) is 3.31. The Morgan fingerprint density at radius 3 is 3.07 bits per heavy atom. The molecule has 2 saturated heterocycles. The molecule has 3 heterocycles. The van der Waals surface area contributed by atoms with E-state index in [2.05, 4.69) is 27.5 Å². The van der Waals surface area contributed by atoms with Crippen molar-refractivity contribution in [1.82, 2.24) is 10.6 Å².